The molecule has 0 N–H and O–H groups in total. The van der Waals surface area contributed by atoms with Crippen molar-refractivity contribution in [1.82, 2.24) is 15.0 Å². The molecule has 3 heterocycles. The first kappa shape index (κ1) is 39.3. The van der Waals surface area contributed by atoms with Gasteiger partial charge in [-0.15, -0.1) is 108 Å². The molecule has 0 fully saturated rings. The minimum absolute atomic E-state index is 0. The molecule has 9 aromatic rings. The van der Waals surface area contributed by atoms with Crippen LogP contribution in [-0.4, -0.2) is 15.0 Å². The molecule has 6 aromatic carbocycles. The molecule has 4 heteroatoms. The van der Waals surface area contributed by atoms with Gasteiger partial charge in [-0.3, -0.25) is 0 Å². The molecular weight excluding hydrogens is 895 g/mol. The molecule has 0 aliphatic heterocycles. The van der Waals surface area contributed by atoms with Crippen LogP contribution in [0.15, 0.2) is 195 Å². The largest absolute Gasteiger partial charge is 3.00 e. The second-order valence-electron chi connectivity index (χ2n) is 14.5. The van der Waals surface area contributed by atoms with Gasteiger partial charge in [-0.05, 0) is 92.8 Å². The van der Waals surface area contributed by atoms with Gasteiger partial charge in [0.2, 0.25) is 0 Å². The number of nitrogens with zero attached hydrogens (tertiary/aromatic N) is 3. The molecule has 0 bridgehead atoms. The van der Waals surface area contributed by atoms with Gasteiger partial charge in [0.05, 0.1) is 0 Å². The van der Waals surface area contributed by atoms with E-state index in [0.29, 0.717) is 0 Å². The van der Waals surface area contributed by atoms with Crippen molar-refractivity contribution in [3.63, 3.8) is 0 Å². The third-order valence-corrected chi connectivity index (χ3v) is 10.6. The number of aryl methyl sites for hydroxylation is 4. The van der Waals surface area contributed by atoms with Gasteiger partial charge in [0.15, 0.2) is 0 Å². The fourth-order valence-corrected chi connectivity index (χ4v) is 7.55. The van der Waals surface area contributed by atoms with Gasteiger partial charge in [0, 0.05) is 24.2 Å². The van der Waals surface area contributed by atoms with E-state index in [1.165, 1.54) is 33.4 Å². The third-order valence-electron chi connectivity index (χ3n) is 10.6. The number of pyridine rings is 3. The van der Waals surface area contributed by atoms with Gasteiger partial charge < -0.3 is 15.0 Å². The quantitative estimate of drug-likeness (QED) is 0.115. The third kappa shape index (κ3) is 9.43. The summed E-state index contributed by atoms with van der Waals surface area (Å²) in [6.07, 6.45) is 9.62. The molecule has 0 atom stereocenters. The summed E-state index contributed by atoms with van der Waals surface area (Å²) < 4.78 is 0. The number of hydrogen-bond donors (Lipinski definition) is 0. The van der Waals surface area contributed by atoms with Crippen LogP contribution in [0.5, 0.6) is 0 Å². The average Bonchev–Trinajstić information content (AvgIpc) is 3.31. The van der Waals surface area contributed by atoms with Crippen LogP contribution in [0.2, 0.25) is 0 Å². The van der Waals surface area contributed by atoms with Gasteiger partial charge in [-0.2, -0.15) is 0 Å². The Morgan fingerprint density at radius 1 is 0.322 bits per heavy atom. The Balaban J connectivity index is 0.00000484. The van der Waals surface area contributed by atoms with E-state index in [4.69, 9.17) is 15.0 Å². The van der Waals surface area contributed by atoms with Crippen molar-refractivity contribution >= 4 is 0 Å². The summed E-state index contributed by atoms with van der Waals surface area (Å²) in [7, 11) is 0. The second kappa shape index (κ2) is 18.8. The predicted octanol–water partition coefficient (Wildman–Crippen LogP) is 12.8. The van der Waals surface area contributed by atoms with E-state index in [9.17, 15) is 0 Å². The van der Waals surface area contributed by atoms with Crippen LogP contribution in [0.1, 0.15) is 22.3 Å². The number of aromatic nitrogens is 3. The standard InChI is InChI=1S/C55H40N3.Ir/c1-5-15-44(16-6-1)51-36-55(47-21-11-4-12-22-47)58-39-52(51)50-24-14-13-23-49(50)48-34-42(27-25-40-29-31-53(56-37-40)45-17-7-2-8-18-45)33-43(35-48)28-26-41-30-32-54(57-38-41)46-19-9-3-10-20-46;/h1-17,19,21,23-24,29-39H,25-28H2;/q-3;+3. The zero-order valence-corrected chi connectivity index (χ0v) is 34.9. The Morgan fingerprint density at radius 2 is 0.797 bits per heavy atom. The second-order valence-corrected chi connectivity index (χ2v) is 14.5. The van der Waals surface area contributed by atoms with Gasteiger partial charge in [0.1, 0.15) is 0 Å². The maximum atomic E-state index is 5.01. The normalized spacial score (nSPS) is 10.8. The fourth-order valence-electron chi connectivity index (χ4n) is 7.55. The van der Waals surface area contributed by atoms with Crippen LogP contribution in [0, 0.1) is 18.2 Å². The first-order valence-electron chi connectivity index (χ1n) is 19.8. The summed E-state index contributed by atoms with van der Waals surface area (Å²) in [5.41, 5.74) is 17.7. The molecular formula is C55H40IrN3. The number of hydrogen-bond acceptors (Lipinski definition) is 3. The van der Waals surface area contributed by atoms with Crippen LogP contribution < -0.4 is 0 Å². The number of benzene rings is 6. The molecule has 0 amide bonds. The topological polar surface area (TPSA) is 38.7 Å². The predicted molar refractivity (Wildman–Crippen MR) is 237 cm³/mol. The van der Waals surface area contributed by atoms with Crippen LogP contribution in [0.3, 0.4) is 0 Å². The minimum Gasteiger partial charge on any atom is -0.304 e. The summed E-state index contributed by atoms with van der Waals surface area (Å²) in [6, 6.07) is 71.3. The summed E-state index contributed by atoms with van der Waals surface area (Å²) in [5.74, 6) is 0. The molecule has 3 nitrogen and oxygen atoms in total. The van der Waals surface area contributed by atoms with E-state index in [1.807, 2.05) is 85.3 Å². The molecule has 0 aliphatic carbocycles. The van der Waals surface area contributed by atoms with E-state index in [-0.39, 0.29) is 20.1 Å². The maximum absolute atomic E-state index is 5.01. The molecule has 0 saturated carbocycles. The van der Waals surface area contributed by atoms with Gasteiger partial charge >= 0.3 is 20.1 Å². The van der Waals surface area contributed by atoms with Crippen molar-refractivity contribution in [1.29, 1.82) is 0 Å². The summed E-state index contributed by atoms with van der Waals surface area (Å²) in [6.45, 7) is 0. The van der Waals surface area contributed by atoms with Crippen molar-refractivity contribution < 1.29 is 20.1 Å². The van der Waals surface area contributed by atoms with E-state index in [0.717, 1.165) is 81.7 Å². The van der Waals surface area contributed by atoms with E-state index < -0.39 is 0 Å². The van der Waals surface area contributed by atoms with E-state index in [2.05, 4.69) is 127 Å². The van der Waals surface area contributed by atoms with E-state index in [1.54, 1.807) is 0 Å². The van der Waals surface area contributed by atoms with Crippen LogP contribution >= 0.6 is 0 Å². The summed E-state index contributed by atoms with van der Waals surface area (Å²) >= 11 is 0. The Kier molecular flexibility index (Phi) is 12.5. The van der Waals surface area contributed by atoms with Crippen LogP contribution in [-0.2, 0) is 45.8 Å². The van der Waals surface area contributed by atoms with Crippen molar-refractivity contribution in [2.45, 2.75) is 25.7 Å². The zero-order valence-electron chi connectivity index (χ0n) is 32.5. The van der Waals surface area contributed by atoms with Crippen molar-refractivity contribution in [2.75, 3.05) is 0 Å². The van der Waals surface area contributed by atoms with Gasteiger partial charge in [0.25, 0.3) is 0 Å². The van der Waals surface area contributed by atoms with Crippen LogP contribution in [0.25, 0.3) is 67.2 Å². The zero-order chi connectivity index (χ0) is 38.9. The van der Waals surface area contributed by atoms with Crippen molar-refractivity contribution in [2.24, 2.45) is 0 Å². The molecule has 59 heavy (non-hydrogen) atoms. The molecule has 284 valence electrons. The Bertz CT molecular complexity index is 2630. The first-order chi connectivity index (χ1) is 28.7. The van der Waals surface area contributed by atoms with E-state index >= 15 is 0 Å². The molecule has 0 unspecified atom stereocenters. The van der Waals surface area contributed by atoms with Gasteiger partial charge in [-0.25, -0.2) is 0 Å². The molecule has 0 aliphatic rings. The van der Waals surface area contributed by atoms with Gasteiger partial charge in [-0.1, -0.05) is 103 Å². The maximum Gasteiger partial charge on any atom is 3.00 e. The minimum atomic E-state index is 0. The number of rotatable bonds is 12. The molecule has 9 rings (SSSR count). The monoisotopic (exact) mass is 935 g/mol. The molecule has 0 saturated heterocycles. The van der Waals surface area contributed by atoms with Crippen molar-refractivity contribution in [3.05, 3.63) is 235 Å². The summed E-state index contributed by atoms with van der Waals surface area (Å²) in [5, 5.41) is 0. The smallest absolute Gasteiger partial charge is 0.304 e. The first-order valence-corrected chi connectivity index (χ1v) is 19.8. The molecule has 0 spiro atoms. The average molecular weight is 935 g/mol. The molecule has 0 radical (unpaired) electrons. The fraction of sp³-hybridized carbons (Fsp3) is 0.0727. The Morgan fingerprint density at radius 3 is 1.31 bits per heavy atom. The van der Waals surface area contributed by atoms with Crippen LogP contribution in [0.4, 0.5) is 0 Å². The Hall–Kier alpha value is -6.58. The molecule has 3 aromatic heterocycles. The van der Waals surface area contributed by atoms with Crippen molar-refractivity contribution in [3.8, 4) is 67.2 Å². The Labute approximate surface area is 360 Å². The SMILES string of the molecule is [Ir+3].[c-]1ccccc1-c1ccc(CCc2cc(CCc3ccc(-c4[c-]cccc4)nc3)cc(-c3ccccc3-c3cnc(-c4[c-]cccc4)cc3-c3ccccc3)c2)cn1. The summed E-state index contributed by atoms with van der Waals surface area (Å²) in [4.78, 5) is 14.6.